The van der Waals surface area contributed by atoms with Crippen LogP contribution < -0.4 is 0 Å². The molecule has 0 aliphatic carbocycles. The summed E-state index contributed by atoms with van der Waals surface area (Å²) in [5, 5.41) is 9.44. The van der Waals surface area contributed by atoms with E-state index >= 15 is 0 Å². The number of aromatic nitrogens is 1. The molecule has 0 radical (unpaired) electrons. The van der Waals surface area contributed by atoms with Crippen LogP contribution in [0.4, 0.5) is 0 Å². The van der Waals surface area contributed by atoms with Gasteiger partial charge >= 0.3 is 5.97 Å². The van der Waals surface area contributed by atoms with Crippen LogP contribution >= 0.6 is 11.6 Å². The molecule has 17 heavy (non-hydrogen) atoms. The van der Waals surface area contributed by atoms with E-state index in [1.54, 1.807) is 30.5 Å². The lowest BCUT2D eigenvalue weighted by molar-refractivity contribution is -0.136. The lowest BCUT2D eigenvalue weighted by Gasteiger charge is -2.06. The number of carboxylic acid groups (broad SMARTS) is 1. The maximum Gasteiger partial charge on any atom is 0.307 e. The van der Waals surface area contributed by atoms with Crippen molar-refractivity contribution >= 4 is 17.6 Å². The van der Waals surface area contributed by atoms with Crippen molar-refractivity contribution in [2.75, 3.05) is 0 Å². The van der Waals surface area contributed by atoms with Crippen molar-refractivity contribution < 1.29 is 9.90 Å². The summed E-state index contributed by atoms with van der Waals surface area (Å²) < 4.78 is 0. The van der Waals surface area contributed by atoms with Crippen LogP contribution in [0, 0.1) is 0 Å². The van der Waals surface area contributed by atoms with Gasteiger partial charge in [0, 0.05) is 16.8 Å². The van der Waals surface area contributed by atoms with E-state index in [4.69, 9.17) is 16.7 Å². The molecule has 2 rings (SSSR count). The number of hydrogen-bond acceptors (Lipinski definition) is 2. The van der Waals surface area contributed by atoms with Crippen molar-refractivity contribution in [1.82, 2.24) is 4.98 Å². The number of benzene rings is 1. The molecule has 86 valence electrons. The minimum Gasteiger partial charge on any atom is -0.481 e. The normalized spacial score (nSPS) is 10.2. The fraction of sp³-hybridized carbons (Fsp3) is 0.0769. The third-order valence-electron chi connectivity index (χ3n) is 2.33. The molecule has 0 unspecified atom stereocenters. The molecular weight excluding hydrogens is 238 g/mol. The number of halogens is 1. The van der Waals surface area contributed by atoms with Gasteiger partial charge in [0.05, 0.1) is 12.1 Å². The lowest BCUT2D eigenvalue weighted by Crippen LogP contribution is -2.02. The summed E-state index contributed by atoms with van der Waals surface area (Å²) in [6.07, 6.45) is 1.59. The number of carboxylic acids is 1. The molecular formula is C13H10ClNO2. The van der Waals surface area contributed by atoms with Crippen LogP contribution in [0.25, 0.3) is 11.3 Å². The molecule has 0 saturated carbocycles. The SMILES string of the molecule is O=C(O)Cc1cccnc1-c1cccc(Cl)c1. The summed E-state index contributed by atoms with van der Waals surface area (Å²) in [5.74, 6) is -0.874. The van der Waals surface area contributed by atoms with Gasteiger partial charge < -0.3 is 5.11 Å². The van der Waals surface area contributed by atoms with Gasteiger partial charge in [-0.3, -0.25) is 9.78 Å². The Labute approximate surface area is 104 Å². The molecule has 1 aromatic carbocycles. The number of rotatable bonds is 3. The Kier molecular flexibility index (Phi) is 3.40. The number of nitrogens with zero attached hydrogens (tertiary/aromatic N) is 1. The highest BCUT2D eigenvalue weighted by Crippen LogP contribution is 2.24. The zero-order valence-electron chi connectivity index (χ0n) is 8.93. The van der Waals surface area contributed by atoms with Crippen molar-refractivity contribution in [2.45, 2.75) is 6.42 Å². The van der Waals surface area contributed by atoms with Crippen molar-refractivity contribution in [3.8, 4) is 11.3 Å². The van der Waals surface area contributed by atoms with Gasteiger partial charge in [-0.05, 0) is 23.8 Å². The lowest BCUT2D eigenvalue weighted by atomic mass is 10.0. The van der Waals surface area contributed by atoms with E-state index in [1.165, 1.54) is 0 Å². The monoisotopic (exact) mass is 247 g/mol. The largest absolute Gasteiger partial charge is 0.481 e. The van der Waals surface area contributed by atoms with E-state index in [9.17, 15) is 4.79 Å². The van der Waals surface area contributed by atoms with Gasteiger partial charge in [0.15, 0.2) is 0 Å². The van der Waals surface area contributed by atoms with Gasteiger partial charge in [-0.2, -0.15) is 0 Å². The smallest absolute Gasteiger partial charge is 0.307 e. The van der Waals surface area contributed by atoms with Crippen LogP contribution in [0.3, 0.4) is 0 Å². The molecule has 0 bridgehead atoms. The first kappa shape index (κ1) is 11.6. The summed E-state index contributed by atoms with van der Waals surface area (Å²) in [5.41, 5.74) is 2.18. The highest BCUT2D eigenvalue weighted by Gasteiger charge is 2.09. The van der Waals surface area contributed by atoms with Crippen LogP contribution in [0.15, 0.2) is 42.6 Å². The Morgan fingerprint density at radius 1 is 1.29 bits per heavy atom. The molecule has 0 saturated heterocycles. The van der Waals surface area contributed by atoms with Crippen LogP contribution in [-0.4, -0.2) is 16.1 Å². The average Bonchev–Trinajstić information content (AvgIpc) is 2.29. The summed E-state index contributed by atoms with van der Waals surface area (Å²) in [7, 11) is 0. The highest BCUT2D eigenvalue weighted by molar-refractivity contribution is 6.30. The molecule has 1 N–H and O–H groups in total. The summed E-state index contributed by atoms with van der Waals surface area (Å²) in [6.45, 7) is 0. The van der Waals surface area contributed by atoms with Crippen LogP contribution in [0.2, 0.25) is 5.02 Å². The van der Waals surface area contributed by atoms with E-state index in [0.29, 0.717) is 16.3 Å². The van der Waals surface area contributed by atoms with Gasteiger partial charge in [0.25, 0.3) is 0 Å². The van der Waals surface area contributed by atoms with Crippen molar-refractivity contribution in [2.24, 2.45) is 0 Å². The van der Waals surface area contributed by atoms with Crippen LogP contribution in [0.1, 0.15) is 5.56 Å². The van der Waals surface area contributed by atoms with Crippen LogP contribution in [-0.2, 0) is 11.2 Å². The molecule has 1 heterocycles. The van der Waals surface area contributed by atoms with Crippen molar-refractivity contribution in [3.05, 3.63) is 53.2 Å². The molecule has 0 fully saturated rings. The fourth-order valence-corrected chi connectivity index (χ4v) is 1.83. The third kappa shape index (κ3) is 2.82. The molecule has 4 heteroatoms. The first-order valence-electron chi connectivity index (χ1n) is 5.08. The predicted molar refractivity (Wildman–Crippen MR) is 66.0 cm³/mol. The molecule has 0 aliphatic heterocycles. The first-order chi connectivity index (χ1) is 8.16. The number of pyridine rings is 1. The number of hydrogen-bond donors (Lipinski definition) is 1. The molecule has 0 atom stereocenters. The second kappa shape index (κ2) is 4.97. The predicted octanol–water partition coefficient (Wildman–Crippen LogP) is 3.03. The van der Waals surface area contributed by atoms with Gasteiger partial charge in [0.1, 0.15) is 0 Å². The third-order valence-corrected chi connectivity index (χ3v) is 2.57. The number of carbonyl (C=O) groups is 1. The Bertz CT molecular complexity index is 555. The summed E-state index contributed by atoms with van der Waals surface area (Å²) >= 11 is 5.91. The molecule has 3 nitrogen and oxygen atoms in total. The van der Waals surface area contributed by atoms with E-state index in [-0.39, 0.29) is 6.42 Å². The van der Waals surface area contributed by atoms with Crippen LogP contribution in [0.5, 0.6) is 0 Å². The standard InChI is InChI=1S/C13H10ClNO2/c14-11-5-1-3-9(7-11)13-10(8-12(16)17)4-2-6-15-13/h1-7H,8H2,(H,16,17). The van der Waals surface area contributed by atoms with E-state index < -0.39 is 5.97 Å². The van der Waals surface area contributed by atoms with E-state index in [0.717, 1.165) is 5.56 Å². The minimum absolute atomic E-state index is 0.0459. The maximum absolute atomic E-state index is 10.8. The fourth-order valence-electron chi connectivity index (χ4n) is 1.64. The molecule has 0 spiro atoms. The summed E-state index contributed by atoms with van der Waals surface area (Å²) in [6, 6.07) is 10.7. The van der Waals surface area contributed by atoms with Gasteiger partial charge in [0.2, 0.25) is 0 Å². The Morgan fingerprint density at radius 3 is 2.82 bits per heavy atom. The van der Waals surface area contributed by atoms with E-state index in [2.05, 4.69) is 4.98 Å². The van der Waals surface area contributed by atoms with Gasteiger partial charge in [-0.25, -0.2) is 0 Å². The number of aliphatic carboxylic acids is 1. The Hall–Kier alpha value is -1.87. The Balaban J connectivity index is 2.47. The quantitative estimate of drug-likeness (QED) is 0.907. The summed E-state index contributed by atoms with van der Waals surface area (Å²) in [4.78, 5) is 15.0. The zero-order valence-corrected chi connectivity index (χ0v) is 9.69. The second-order valence-corrected chi connectivity index (χ2v) is 4.03. The maximum atomic E-state index is 10.8. The molecule has 0 aliphatic rings. The average molecular weight is 248 g/mol. The molecule has 2 aromatic rings. The molecule has 1 aromatic heterocycles. The molecule has 0 amide bonds. The van der Waals surface area contributed by atoms with Gasteiger partial charge in [-0.1, -0.05) is 29.8 Å². The second-order valence-electron chi connectivity index (χ2n) is 3.59. The first-order valence-corrected chi connectivity index (χ1v) is 5.46. The van der Waals surface area contributed by atoms with E-state index in [1.807, 2.05) is 12.1 Å². The van der Waals surface area contributed by atoms with Crippen molar-refractivity contribution in [3.63, 3.8) is 0 Å². The zero-order chi connectivity index (χ0) is 12.3. The highest BCUT2D eigenvalue weighted by atomic mass is 35.5. The van der Waals surface area contributed by atoms with Gasteiger partial charge in [-0.15, -0.1) is 0 Å². The van der Waals surface area contributed by atoms with Crippen molar-refractivity contribution in [1.29, 1.82) is 0 Å². The minimum atomic E-state index is -0.874. The Morgan fingerprint density at radius 2 is 2.12 bits per heavy atom. The topological polar surface area (TPSA) is 50.2 Å².